The minimum absolute atomic E-state index is 0.474. The summed E-state index contributed by atoms with van der Waals surface area (Å²) in [6, 6.07) is 11.1. The van der Waals surface area contributed by atoms with Crippen LogP contribution in [0.3, 0.4) is 0 Å². The van der Waals surface area contributed by atoms with Crippen LogP contribution < -0.4 is 0 Å². The van der Waals surface area contributed by atoms with Crippen LogP contribution in [0.5, 0.6) is 0 Å². The third-order valence-corrected chi connectivity index (χ3v) is 4.31. The molecule has 1 saturated heterocycles. The van der Waals surface area contributed by atoms with E-state index in [4.69, 9.17) is 0 Å². The maximum atomic E-state index is 4.28. The largest absolute Gasteiger partial charge is 0.297 e. The van der Waals surface area contributed by atoms with Crippen molar-refractivity contribution in [2.24, 2.45) is 0 Å². The lowest BCUT2D eigenvalue weighted by molar-refractivity contribution is 0.310. The molecule has 1 atom stereocenters. The van der Waals surface area contributed by atoms with Crippen molar-refractivity contribution in [3.8, 4) is 0 Å². The van der Waals surface area contributed by atoms with Gasteiger partial charge in [0.1, 0.15) is 0 Å². The van der Waals surface area contributed by atoms with E-state index in [1.165, 1.54) is 5.56 Å². The van der Waals surface area contributed by atoms with Crippen LogP contribution in [0.2, 0.25) is 0 Å². The first kappa shape index (κ1) is 13.6. The average molecular weight is 288 g/mol. The third-order valence-electron chi connectivity index (χ3n) is 3.72. The van der Waals surface area contributed by atoms with E-state index < -0.39 is 0 Å². The summed E-state index contributed by atoms with van der Waals surface area (Å²) in [7, 11) is 0. The second-order valence-electron chi connectivity index (χ2n) is 5.29. The zero-order valence-electron chi connectivity index (χ0n) is 11.8. The van der Waals surface area contributed by atoms with Crippen molar-refractivity contribution in [1.29, 1.82) is 0 Å². The van der Waals surface area contributed by atoms with Crippen molar-refractivity contribution in [1.82, 2.24) is 19.9 Å². The molecule has 0 N–H and O–H groups in total. The molecule has 0 aliphatic carbocycles. The third kappa shape index (κ3) is 3.22. The first-order chi connectivity index (χ1) is 9.85. The van der Waals surface area contributed by atoms with Gasteiger partial charge in [0.25, 0.3) is 0 Å². The number of benzene rings is 1. The first-order valence-electron chi connectivity index (χ1n) is 7.01. The second kappa shape index (κ2) is 6.41. The molecule has 0 saturated carbocycles. The van der Waals surface area contributed by atoms with Gasteiger partial charge in [-0.25, -0.2) is 4.68 Å². The molecule has 3 rings (SSSR count). The van der Waals surface area contributed by atoms with Crippen LogP contribution >= 0.6 is 11.8 Å². The molecule has 0 bridgehead atoms. The second-order valence-corrected chi connectivity index (χ2v) is 6.15. The van der Waals surface area contributed by atoms with Gasteiger partial charge in [0.2, 0.25) is 0 Å². The van der Waals surface area contributed by atoms with Crippen molar-refractivity contribution in [3.63, 3.8) is 0 Å². The highest BCUT2D eigenvalue weighted by atomic mass is 32.2. The lowest BCUT2D eigenvalue weighted by atomic mass is 10.2. The van der Waals surface area contributed by atoms with Gasteiger partial charge < -0.3 is 0 Å². The highest BCUT2D eigenvalue weighted by molar-refractivity contribution is 7.97. The minimum Gasteiger partial charge on any atom is -0.297 e. The highest BCUT2D eigenvalue weighted by Crippen LogP contribution is 2.22. The predicted molar refractivity (Wildman–Crippen MR) is 82.6 cm³/mol. The summed E-state index contributed by atoms with van der Waals surface area (Å²) in [6.07, 6.45) is 5.36. The number of aromatic nitrogens is 3. The van der Waals surface area contributed by atoms with E-state index in [-0.39, 0.29) is 0 Å². The summed E-state index contributed by atoms with van der Waals surface area (Å²) in [5.41, 5.74) is 2.47. The number of thioether (sulfide) groups is 1. The fourth-order valence-corrected chi connectivity index (χ4v) is 3.15. The van der Waals surface area contributed by atoms with E-state index in [9.17, 15) is 0 Å². The average Bonchev–Trinajstić information content (AvgIpc) is 3.10. The fraction of sp³-hybridized carbons (Fsp3) is 0.467. The first-order valence-corrected chi connectivity index (χ1v) is 8.40. The van der Waals surface area contributed by atoms with Crippen LogP contribution in [0, 0.1) is 0 Å². The van der Waals surface area contributed by atoms with E-state index in [0.29, 0.717) is 6.04 Å². The Bertz CT molecular complexity index is 540. The van der Waals surface area contributed by atoms with Crippen LogP contribution in [-0.2, 0) is 12.3 Å². The van der Waals surface area contributed by atoms with E-state index in [0.717, 1.165) is 37.5 Å². The van der Waals surface area contributed by atoms with E-state index in [2.05, 4.69) is 62.7 Å². The highest BCUT2D eigenvalue weighted by Gasteiger charge is 2.24. The number of rotatable bonds is 5. The van der Waals surface area contributed by atoms with E-state index in [1.807, 2.05) is 0 Å². The fourth-order valence-electron chi connectivity index (χ4n) is 2.72. The summed E-state index contributed by atoms with van der Waals surface area (Å²) < 4.78 is 2.05. The number of likely N-dealkylation sites (tertiary alicyclic amines) is 1. The molecule has 2 aromatic rings. The summed E-state index contributed by atoms with van der Waals surface area (Å²) in [6.45, 7) is 3.23. The van der Waals surface area contributed by atoms with Crippen molar-refractivity contribution in [2.75, 3.05) is 19.3 Å². The van der Waals surface area contributed by atoms with Gasteiger partial charge in [0.15, 0.2) is 0 Å². The molecule has 0 spiro atoms. The molecule has 5 heteroatoms. The van der Waals surface area contributed by atoms with Gasteiger partial charge in [-0.1, -0.05) is 35.5 Å². The summed E-state index contributed by atoms with van der Waals surface area (Å²) >= 11 is 1.79. The van der Waals surface area contributed by atoms with Crippen LogP contribution in [0.25, 0.3) is 0 Å². The van der Waals surface area contributed by atoms with Gasteiger partial charge in [-0.15, -0.1) is 5.10 Å². The Morgan fingerprint density at radius 1 is 1.30 bits per heavy atom. The molecule has 0 amide bonds. The number of hydrogen-bond acceptors (Lipinski definition) is 4. The van der Waals surface area contributed by atoms with Crippen LogP contribution in [0.4, 0.5) is 0 Å². The predicted octanol–water partition coefficient (Wildman–Crippen LogP) is 2.59. The van der Waals surface area contributed by atoms with Gasteiger partial charge in [-0.3, -0.25) is 4.90 Å². The molecule has 1 aromatic carbocycles. The zero-order chi connectivity index (χ0) is 13.8. The van der Waals surface area contributed by atoms with Crippen molar-refractivity contribution < 1.29 is 0 Å². The normalized spacial score (nSPS) is 19.6. The maximum absolute atomic E-state index is 4.28. The molecule has 2 heterocycles. The summed E-state index contributed by atoms with van der Waals surface area (Å²) in [5, 5.41) is 8.52. The monoisotopic (exact) mass is 288 g/mol. The Kier molecular flexibility index (Phi) is 4.38. The van der Waals surface area contributed by atoms with Crippen LogP contribution in [-0.4, -0.2) is 39.2 Å². The Morgan fingerprint density at radius 3 is 2.95 bits per heavy atom. The van der Waals surface area contributed by atoms with Gasteiger partial charge in [-0.05, 0) is 18.2 Å². The number of hydrogen-bond donors (Lipinski definition) is 0. The Morgan fingerprint density at radius 2 is 2.15 bits per heavy atom. The Hall–Kier alpha value is -1.33. The van der Waals surface area contributed by atoms with Crippen molar-refractivity contribution >= 4 is 11.8 Å². The summed E-state index contributed by atoms with van der Waals surface area (Å²) in [5.74, 6) is 0.945. The van der Waals surface area contributed by atoms with Gasteiger partial charge in [0, 0.05) is 31.6 Å². The topological polar surface area (TPSA) is 34.0 Å². The molecular weight excluding hydrogens is 268 g/mol. The molecule has 1 fully saturated rings. The molecule has 1 aliphatic rings. The van der Waals surface area contributed by atoms with Gasteiger partial charge in [0.05, 0.1) is 11.7 Å². The molecule has 0 radical (unpaired) electrons. The maximum Gasteiger partial charge on any atom is 0.0925 e. The van der Waals surface area contributed by atoms with E-state index in [1.54, 1.807) is 11.8 Å². The van der Waals surface area contributed by atoms with Crippen LogP contribution in [0.1, 0.15) is 23.7 Å². The molecular formula is C15H20N4S. The SMILES string of the molecule is CSCc1cn(C2CCN(Cc3ccccc3)C2)nn1. The van der Waals surface area contributed by atoms with E-state index >= 15 is 0 Å². The molecule has 1 aliphatic heterocycles. The van der Waals surface area contributed by atoms with Crippen molar-refractivity contribution in [3.05, 3.63) is 47.8 Å². The van der Waals surface area contributed by atoms with Gasteiger partial charge >= 0.3 is 0 Å². The Labute approximate surface area is 124 Å². The molecule has 106 valence electrons. The molecule has 20 heavy (non-hydrogen) atoms. The smallest absolute Gasteiger partial charge is 0.0925 e. The quantitative estimate of drug-likeness (QED) is 0.847. The standard InChI is InChI=1S/C15H20N4S/c1-20-12-14-10-19(17-16-14)15-7-8-18(11-15)9-13-5-3-2-4-6-13/h2-6,10,15H,7-9,11-12H2,1H3. The molecule has 1 unspecified atom stereocenters. The molecule has 1 aromatic heterocycles. The van der Waals surface area contributed by atoms with Gasteiger partial charge in [-0.2, -0.15) is 11.8 Å². The summed E-state index contributed by atoms with van der Waals surface area (Å²) in [4.78, 5) is 2.50. The lowest BCUT2D eigenvalue weighted by Crippen LogP contribution is -2.21. The lowest BCUT2D eigenvalue weighted by Gasteiger charge is -2.15. The minimum atomic E-state index is 0.474. The van der Waals surface area contributed by atoms with Crippen molar-refractivity contribution in [2.45, 2.75) is 24.8 Å². The zero-order valence-corrected chi connectivity index (χ0v) is 12.6. The Balaban J connectivity index is 1.58. The van der Waals surface area contributed by atoms with Crippen LogP contribution in [0.15, 0.2) is 36.5 Å². The number of nitrogens with zero attached hydrogens (tertiary/aromatic N) is 4. The molecule has 4 nitrogen and oxygen atoms in total.